The van der Waals surface area contributed by atoms with Crippen LogP contribution in [-0.4, -0.2) is 22.8 Å². The van der Waals surface area contributed by atoms with Crippen LogP contribution < -0.4 is 5.32 Å². The average molecular weight is 357 g/mol. The quantitative estimate of drug-likeness (QED) is 0.837. The molecule has 2 rings (SSSR count). The summed E-state index contributed by atoms with van der Waals surface area (Å²) in [5.41, 5.74) is 0.970. The van der Waals surface area contributed by atoms with E-state index in [2.05, 4.69) is 52.0 Å². The van der Waals surface area contributed by atoms with Gasteiger partial charge in [-0.15, -0.1) is 10.2 Å². The molecule has 2 aromatic rings. The number of hydrogen-bond donors (Lipinski definition) is 1. The maximum atomic E-state index is 5.64. The monoisotopic (exact) mass is 357 g/mol. The number of nitrogens with zero attached hydrogens (tertiary/aromatic N) is 2. The van der Waals surface area contributed by atoms with Gasteiger partial charge in [-0.2, -0.15) is 0 Å². The third kappa shape index (κ3) is 3.78. The Labute approximate surface area is 120 Å². The maximum Gasteiger partial charge on any atom is 0.247 e. The van der Waals surface area contributed by atoms with Crippen LogP contribution in [0.2, 0.25) is 0 Å². The van der Waals surface area contributed by atoms with E-state index in [1.54, 1.807) is 0 Å². The molecule has 1 aromatic heterocycles. The molecule has 0 fully saturated rings. The van der Waals surface area contributed by atoms with Gasteiger partial charge < -0.3 is 9.73 Å². The molecule has 1 N–H and O–H groups in total. The molecule has 0 amide bonds. The van der Waals surface area contributed by atoms with Gasteiger partial charge in [0.15, 0.2) is 0 Å². The van der Waals surface area contributed by atoms with Gasteiger partial charge >= 0.3 is 0 Å². The van der Waals surface area contributed by atoms with E-state index >= 15 is 0 Å². The van der Waals surface area contributed by atoms with Crippen molar-refractivity contribution < 1.29 is 4.42 Å². The summed E-state index contributed by atoms with van der Waals surface area (Å²) in [5, 5.41) is 11.5. The standard InChI is InChI=1S/C13H16IN3O/c1-9(2)15-7-6-12-16-17-13(18-12)10-4-3-5-11(14)8-10/h3-5,8-9,15H,6-7H2,1-2H3. The highest BCUT2D eigenvalue weighted by Gasteiger charge is 2.08. The molecule has 0 aliphatic carbocycles. The molecule has 0 unspecified atom stereocenters. The first-order valence-corrected chi connectivity index (χ1v) is 7.05. The number of nitrogens with one attached hydrogen (secondary N) is 1. The minimum atomic E-state index is 0.475. The summed E-state index contributed by atoms with van der Waals surface area (Å²) in [6.07, 6.45) is 0.759. The van der Waals surface area contributed by atoms with Crippen LogP contribution in [0.1, 0.15) is 19.7 Å². The molecular weight excluding hydrogens is 341 g/mol. The lowest BCUT2D eigenvalue weighted by atomic mass is 10.2. The van der Waals surface area contributed by atoms with Gasteiger partial charge in [-0.25, -0.2) is 0 Å². The zero-order valence-corrected chi connectivity index (χ0v) is 12.6. The van der Waals surface area contributed by atoms with Crippen molar-refractivity contribution in [3.8, 4) is 11.5 Å². The van der Waals surface area contributed by atoms with E-state index < -0.39 is 0 Å². The lowest BCUT2D eigenvalue weighted by molar-refractivity contribution is 0.484. The van der Waals surface area contributed by atoms with Crippen molar-refractivity contribution in [3.05, 3.63) is 33.7 Å². The van der Waals surface area contributed by atoms with Crippen LogP contribution in [0.3, 0.4) is 0 Å². The highest BCUT2D eigenvalue weighted by molar-refractivity contribution is 14.1. The van der Waals surface area contributed by atoms with Gasteiger partial charge in [-0.1, -0.05) is 19.9 Å². The molecule has 1 heterocycles. The number of benzene rings is 1. The van der Waals surface area contributed by atoms with Crippen LogP contribution in [0.4, 0.5) is 0 Å². The zero-order valence-electron chi connectivity index (χ0n) is 10.5. The third-order valence-electron chi connectivity index (χ3n) is 2.43. The van der Waals surface area contributed by atoms with Gasteiger partial charge in [0.2, 0.25) is 11.8 Å². The summed E-state index contributed by atoms with van der Waals surface area (Å²) in [5.74, 6) is 1.27. The first kappa shape index (κ1) is 13.5. The van der Waals surface area contributed by atoms with Crippen LogP contribution >= 0.6 is 22.6 Å². The molecule has 0 aliphatic rings. The van der Waals surface area contributed by atoms with E-state index in [1.807, 2.05) is 24.3 Å². The van der Waals surface area contributed by atoms with E-state index in [1.165, 1.54) is 0 Å². The first-order valence-electron chi connectivity index (χ1n) is 5.97. The molecule has 1 aromatic carbocycles. The predicted molar refractivity (Wildman–Crippen MR) is 79.3 cm³/mol. The SMILES string of the molecule is CC(C)NCCc1nnc(-c2cccc(I)c2)o1. The normalized spacial score (nSPS) is 11.1. The number of aromatic nitrogens is 2. The largest absolute Gasteiger partial charge is 0.421 e. The maximum absolute atomic E-state index is 5.64. The van der Waals surface area contributed by atoms with Crippen LogP contribution in [0.25, 0.3) is 11.5 Å². The van der Waals surface area contributed by atoms with Crippen LogP contribution in [0.5, 0.6) is 0 Å². The highest BCUT2D eigenvalue weighted by atomic mass is 127. The molecule has 18 heavy (non-hydrogen) atoms. The van der Waals surface area contributed by atoms with E-state index in [9.17, 15) is 0 Å². The second kappa shape index (κ2) is 6.29. The Morgan fingerprint density at radius 1 is 1.33 bits per heavy atom. The molecule has 5 heteroatoms. The Balaban J connectivity index is 2.02. The van der Waals surface area contributed by atoms with Crippen molar-refractivity contribution in [1.29, 1.82) is 0 Å². The molecule has 4 nitrogen and oxygen atoms in total. The Hall–Kier alpha value is -0.950. The number of rotatable bonds is 5. The van der Waals surface area contributed by atoms with E-state index in [0.717, 1.165) is 22.1 Å². The molecule has 0 saturated carbocycles. The summed E-state index contributed by atoms with van der Waals surface area (Å²) in [6, 6.07) is 8.51. The summed E-state index contributed by atoms with van der Waals surface area (Å²) in [6.45, 7) is 5.09. The van der Waals surface area contributed by atoms with Gasteiger partial charge in [-0.3, -0.25) is 0 Å². The fourth-order valence-corrected chi connectivity index (χ4v) is 2.10. The third-order valence-corrected chi connectivity index (χ3v) is 3.10. The van der Waals surface area contributed by atoms with Crippen molar-refractivity contribution in [2.75, 3.05) is 6.54 Å². The minimum absolute atomic E-state index is 0.475. The van der Waals surface area contributed by atoms with Crippen molar-refractivity contribution >= 4 is 22.6 Å². The summed E-state index contributed by atoms with van der Waals surface area (Å²) in [4.78, 5) is 0. The van der Waals surface area contributed by atoms with Crippen LogP contribution in [-0.2, 0) is 6.42 Å². The fraction of sp³-hybridized carbons (Fsp3) is 0.385. The minimum Gasteiger partial charge on any atom is -0.421 e. The molecule has 0 atom stereocenters. The molecule has 0 saturated heterocycles. The average Bonchev–Trinajstić information content (AvgIpc) is 2.77. The van der Waals surface area contributed by atoms with Gasteiger partial charge in [0, 0.05) is 28.1 Å². The van der Waals surface area contributed by atoms with Gasteiger partial charge in [0.1, 0.15) is 0 Å². The molecule has 0 spiro atoms. The second-order valence-corrected chi connectivity index (χ2v) is 5.62. The number of hydrogen-bond acceptors (Lipinski definition) is 4. The van der Waals surface area contributed by atoms with Gasteiger partial charge in [0.25, 0.3) is 0 Å². The van der Waals surface area contributed by atoms with Crippen LogP contribution in [0.15, 0.2) is 28.7 Å². The predicted octanol–water partition coefficient (Wildman–Crippen LogP) is 2.88. The van der Waals surface area contributed by atoms with Crippen molar-refractivity contribution in [2.24, 2.45) is 0 Å². The Bertz CT molecular complexity index is 510. The Morgan fingerprint density at radius 3 is 2.89 bits per heavy atom. The van der Waals surface area contributed by atoms with Crippen molar-refractivity contribution in [3.63, 3.8) is 0 Å². The first-order chi connectivity index (χ1) is 8.65. The van der Waals surface area contributed by atoms with E-state index in [0.29, 0.717) is 17.8 Å². The summed E-state index contributed by atoms with van der Waals surface area (Å²) >= 11 is 2.27. The smallest absolute Gasteiger partial charge is 0.247 e. The van der Waals surface area contributed by atoms with Gasteiger partial charge in [0.05, 0.1) is 0 Å². The topological polar surface area (TPSA) is 51.0 Å². The fourth-order valence-electron chi connectivity index (χ4n) is 1.56. The second-order valence-electron chi connectivity index (χ2n) is 4.37. The van der Waals surface area contributed by atoms with E-state index in [4.69, 9.17) is 4.42 Å². The Kier molecular flexibility index (Phi) is 4.71. The van der Waals surface area contributed by atoms with Crippen molar-refractivity contribution in [1.82, 2.24) is 15.5 Å². The lowest BCUT2D eigenvalue weighted by Crippen LogP contribution is -2.25. The van der Waals surface area contributed by atoms with Crippen LogP contribution in [0, 0.1) is 3.57 Å². The summed E-state index contributed by atoms with van der Waals surface area (Å²) in [7, 11) is 0. The lowest BCUT2D eigenvalue weighted by Gasteiger charge is -2.04. The highest BCUT2D eigenvalue weighted by Crippen LogP contribution is 2.19. The molecule has 96 valence electrons. The number of halogens is 1. The molecule has 0 aliphatic heterocycles. The zero-order chi connectivity index (χ0) is 13.0. The van der Waals surface area contributed by atoms with Gasteiger partial charge in [-0.05, 0) is 40.8 Å². The van der Waals surface area contributed by atoms with Crippen molar-refractivity contribution in [2.45, 2.75) is 26.3 Å². The Morgan fingerprint density at radius 2 is 2.17 bits per heavy atom. The molecule has 0 bridgehead atoms. The van der Waals surface area contributed by atoms with E-state index in [-0.39, 0.29) is 0 Å². The molecular formula is C13H16IN3O. The molecule has 0 radical (unpaired) electrons. The summed E-state index contributed by atoms with van der Waals surface area (Å²) < 4.78 is 6.80.